The van der Waals surface area contributed by atoms with Crippen LogP contribution in [0.4, 0.5) is 0 Å². The highest BCUT2D eigenvalue weighted by molar-refractivity contribution is 14.1. The van der Waals surface area contributed by atoms with Gasteiger partial charge in [0.25, 0.3) is 0 Å². The second-order valence-electron chi connectivity index (χ2n) is 2.24. The maximum atomic E-state index is 5.16. The van der Waals surface area contributed by atoms with Crippen molar-refractivity contribution in [3.8, 4) is 5.75 Å². The summed E-state index contributed by atoms with van der Waals surface area (Å²) < 4.78 is 7.45. The number of aryl methyl sites for hydroxylation is 1. The van der Waals surface area contributed by atoms with E-state index in [1.165, 1.54) is 3.57 Å². The van der Waals surface area contributed by atoms with Crippen molar-refractivity contribution >= 4 is 38.5 Å². The van der Waals surface area contributed by atoms with Crippen LogP contribution < -0.4 is 4.74 Å². The van der Waals surface area contributed by atoms with E-state index in [0.717, 1.165) is 15.8 Å². The molecule has 3 heteroatoms. The molecule has 0 amide bonds. The van der Waals surface area contributed by atoms with Gasteiger partial charge in [0.15, 0.2) is 0 Å². The van der Waals surface area contributed by atoms with Crippen molar-refractivity contribution in [3.63, 3.8) is 0 Å². The van der Waals surface area contributed by atoms with Gasteiger partial charge in [-0.1, -0.05) is 0 Å². The highest BCUT2D eigenvalue weighted by atomic mass is 127. The molecule has 0 bridgehead atoms. The third-order valence-electron chi connectivity index (χ3n) is 1.44. The maximum absolute atomic E-state index is 5.16. The van der Waals surface area contributed by atoms with Crippen molar-refractivity contribution in [2.24, 2.45) is 0 Å². The Balaban J connectivity index is 3.21. The van der Waals surface area contributed by atoms with Crippen LogP contribution in [0.25, 0.3) is 0 Å². The number of methoxy groups -OCH3 is 1. The first-order valence-corrected chi connectivity index (χ1v) is 5.02. The molecule has 0 atom stereocenters. The van der Waals surface area contributed by atoms with Gasteiger partial charge in [-0.3, -0.25) is 0 Å². The summed E-state index contributed by atoms with van der Waals surface area (Å²) in [6.07, 6.45) is 0. The molecule has 0 spiro atoms. The van der Waals surface area contributed by atoms with Crippen LogP contribution in [-0.2, 0) is 0 Å². The molecule has 0 unspecified atom stereocenters. The normalized spacial score (nSPS) is 9.82. The molecule has 0 radical (unpaired) electrons. The van der Waals surface area contributed by atoms with Crippen LogP contribution >= 0.6 is 38.5 Å². The molecule has 1 rings (SSSR count). The second-order valence-corrected chi connectivity index (χ2v) is 4.25. The first kappa shape index (κ1) is 9.32. The lowest BCUT2D eigenvalue weighted by molar-refractivity contribution is 0.411. The minimum Gasteiger partial charge on any atom is -0.496 e. The number of ether oxygens (including phenoxy) is 1. The van der Waals surface area contributed by atoms with E-state index in [-0.39, 0.29) is 0 Å². The van der Waals surface area contributed by atoms with Crippen LogP contribution in [0.1, 0.15) is 5.56 Å². The van der Waals surface area contributed by atoms with Gasteiger partial charge in [0, 0.05) is 8.04 Å². The first-order valence-electron chi connectivity index (χ1n) is 3.15. The summed E-state index contributed by atoms with van der Waals surface area (Å²) in [4.78, 5) is 0. The molecule has 0 saturated carbocycles. The van der Waals surface area contributed by atoms with E-state index in [1.54, 1.807) is 7.11 Å². The average molecular weight is 327 g/mol. The topological polar surface area (TPSA) is 9.23 Å². The highest BCUT2D eigenvalue weighted by Crippen LogP contribution is 2.27. The molecule has 1 nitrogen and oxygen atoms in total. The second kappa shape index (κ2) is 3.76. The zero-order chi connectivity index (χ0) is 8.43. The Morgan fingerprint density at radius 3 is 2.64 bits per heavy atom. The lowest BCUT2D eigenvalue weighted by atomic mass is 10.2. The largest absolute Gasteiger partial charge is 0.496 e. The van der Waals surface area contributed by atoms with Crippen LogP contribution in [-0.4, -0.2) is 7.11 Å². The molecule has 0 heterocycles. The summed E-state index contributed by atoms with van der Waals surface area (Å²) in [6.45, 7) is 2.03. The maximum Gasteiger partial charge on any atom is 0.122 e. The Hall–Kier alpha value is 0.230. The molecule has 60 valence electrons. The molecule has 0 aliphatic carbocycles. The molecule has 0 aliphatic rings. The van der Waals surface area contributed by atoms with Crippen LogP contribution in [0.3, 0.4) is 0 Å². The van der Waals surface area contributed by atoms with E-state index in [2.05, 4.69) is 44.6 Å². The summed E-state index contributed by atoms with van der Waals surface area (Å²) in [5, 5.41) is 0. The van der Waals surface area contributed by atoms with E-state index in [1.807, 2.05) is 13.0 Å². The zero-order valence-corrected chi connectivity index (χ0v) is 10.1. The average Bonchev–Trinajstić information content (AvgIpc) is 1.97. The Bertz CT molecular complexity index is 273. The van der Waals surface area contributed by atoms with E-state index in [4.69, 9.17) is 4.74 Å². The van der Waals surface area contributed by atoms with Gasteiger partial charge < -0.3 is 4.74 Å². The summed E-state index contributed by atoms with van der Waals surface area (Å²) >= 11 is 5.71. The zero-order valence-electron chi connectivity index (χ0n) is 6.32. The molecule has 1 aromatic carbocycles. The van der Waals surface area contributed by atoms with E-state index >= 15 is 0 Å². The van der Waals surface area contributed by atoms with Crippen LogP contribution in [0.15, 0.2) is 16.6 Å². The standard InChI is InChI=1S/C8H8BrIO/c1-5-3-6(9)7(10)4-8(5)11-2/h3-4H,1-2H3. The number of benzene rings is 1. The van der Waals surface area contributed by atoms with E-state index in [9.17, 15) is 0 Å². The van der Waals surface area contributed by atoms with Crippen LogP contribution in [0.2, 0.25) is 0 Å². The molecule has 0 aliphatic heterocycles. The fourth-order valence-electron chi connectivity index (χ4n) is 0.848. The minimum absolute atomic E-state index is 0.942. The van der Waals surface area contributed by atoms with E-state index in [0.29, 0.717) is 0 Å². The number of hydrogen-bond acceptors (Lipinski definition) is 1. The Labute approximate surface area is 88.4 Å². The fraction of sp³-hybridized carbons (Fsp3) is 0.250. The van der Waals surface area contributed by atoms with Crippen molar-refractivity contribution in [1.82, 2.24) is 0 Å². The van der Waals surface area contributed by atoms with Gasteiger partial charge in [0.1, 0.15) is 5.75 Å². The van der Waals surface area contributed by atoms with Crippen LogP contribution in [0, 0.1) is 10.5 Å². The third kappa shape index (κ3) is 2.08. The number of rotatable bonds is 1. The minimum atomic E-state index is 0.942. The van der Waals surface area contributed by atoms with Gasteiger partial charge in [-0.2, -0.15) is 0 Å². The molecule has 0 N–H and O–H groups in total. The molecule has 1 aromatic rings. The molecular weight excluding hydrogens is 319 g/mol. The van der Waals surface area contributed by atoms with Gasteiger partial charge in [-0.05, 0) is 63.1 Å². The van der Waals surface area contributed by atoms with Gasteiger partial charge in [0.05, 0.1) is 7.11 Å². The third-order valence-corrected chi connectivity index (χ3v) is 3.73. The molecular formula is C8H8BrIO. The monoisotopic (exact) mass is 326 g/mol. The predicted octanol–water partition coefficient (Wildman–Crippen LogP) is 3.37. The van der Waals surface area contributed by atoms with Crippen molar-refractivity contribution < 1.29 is 4.74 Å². The Kier molecular flexibility index (Phi) is 3.18. The van der Waals surface area contributed by atoms with Crippen molar-refractivity contribution in [3.05, 3.63) is 25.7 Å². The quantitative estimate of drug-likeness (QED) is 0.719. The number of halogens is 2. The van der Waals surface area contributed by atoms with E-state index < -0.39 is 0 Å². The summed E-state index contributed by atoms with van der Waals surface area (Å²) in [6, 6.07) is 4.07. The van der Waals surface area contributed by atoms with Crippen molar-refractivity contribution in [2.45, 2.75) is 6.92 Å². The van der Waals surface area contributed by atoms with Crippen molar-refractivity contribution in [2.75, 3.05) is 7.11 Å². The first-order chi connectivity index (χ1) is 5.15. The number of hydrogen-bond donors (Lipinski definition) is 0. The van der Waals surface area contributed by atoms with Crippen molar-refractivity contribution in [1.29, 1.82) is 0 Å². The van der Waals surface area contributed by atoms with Gasteiger partial charge in [-0.15, -0.1) is 0 Å². The summed E-state index contributed by atoms with van der Waals surface area (Å²) in [5.41, 5.74) is 1.15. The molecule has 0 aromatic heterocycles. The SMILES string of the molecule is COc1cc(I)c(Br)cc1C. The predicted molar refractivity (Wildman–Crippen MR) is 58.1 cm³/mol. The molecule has 11 heavy (non-hydrogen) atoms. The fourth-order valence-corrected chi connectivity index (χ4v) is 1.74. The Morgan fingerprint density at radius 2 is 2.09 bits per heavy atom. The molecule has 0 saturated heterocycles. The lowest BCUT2D eigenvalue weighted by Crippen LogP contribution is -1.88. The van der Waals surface area contributed by atoms with Gasteiger partial charge in [-0.25, -0.2) is 0 Å². The summed E-state index contributed by atoms with van der Waals surface area (Å²) in [7, 11) is 1.69. The smallest absolute Gasteiger partial charge is 0.122 e. The van der Waals surface area contributed by atoms with Crippen LogP contribution in [0.5, 0.6) is 5.75 Å². The highest BCUT2D eigenvalue weighted by Gasteiger charge is 2.02. The lowest BCUT2D eigenvalue weighted by Gasteiger charge is -2.05. The van der Waals surface area contributed by atoms with Gasteiger partial charge in [0.2, 0.25) is 0 Å². The molecule has 0 fully saturated rings. The van der Waals surface area contributed by atoms with Gasteiger partial charge >= 0.3 is 0 Å². The Morgan fingerprint density at radius 1 is 1.45 bits per heavy atom. The summed E-state index contributed by atoms with van der Waals surface area (Å²) in [5.74, 6) is 0.942.